The van der Waals surface area contributed by atoms with Gasteiger partial charge in [-0.15, -0.1) is 5.10 Å². The van der Waals surface area contributed by atoms with E-state index in [1.807, 2.05) is 50.4 Å². The fraction of sp³-hybridized carbons (Fsp3) is 0.355. The van der Waals surface area contributed by atoms with E-state index in [1.54, 1.807) is 4.68 Å². The first-order chi connectivity index (χ1) is 18.5. The van der Waals surface area contributed by atoms with Gasteiger partial charge < -0.3 is 9.84 Å². The normalized spacial score (nSPS) is 15.7. The van der Waals surface area contributed by atoms with Gasteiger partial charge in [-0.05, 0) is 67.6 Å². The lowest BCUT2D eigenvalue weighted by atomic mass is 9.84. The van der Waals surface area contributed by atoms with E-state index in [0.717, 1.165) is 50.2 Å². The molecular formula is C31H33N5O3. The fourth-order valence-corrected chi connectivity index (χ4v) is 5.64. The van der Waals surface area contributed by atoms with E-state index >= 15 is 0 Å². The summed E-state index contributed by atoms with van der Waals surface area (Å²) in [4.78, 5) is 17.9. The van der Waals surface area contributed by atoms with Gasteiger partial charge in [-0.25, -0.2) is 9.53 Å². The smallest absolute Gasteiger partial charge is 0.304 e. The third-order valence-electron chi connectivity index (χ3n) is 7.57. The van der Waals surface area contributed by atoms with Crippen molar-refractivity contribution in [2.75, 3.05) is 6.54 Å². The van der Waals surface area contributed by atoms with Gasteiger partial charge in [0, 0.05) is 38.2 Å². The number of aromatic nitrogens is 3. The van der Waals surface area contributed by atoms with Gasteiger partial charge in [-0.3, -0.25) is 9.69 Å². The SMILES string of the molecule is [C-]#[N+]c1ccc2c(c1)OC(C)(C)CN(Cc1cc([C@@H](CC(=O)O)c3ccc4c(nnn4C)c3C)ccc1C)C2. The summed E-state index contributed by atoms with van der Waals surface area (Å²) in [6.45, 7) is 17.7. The zero-order valence-corrected chi connectivity index (χ0v) is 23.0. The monoisotopic (exact) mass is 523 g/mol. The van der Waals surface area contributed by atoms with E-state index in [4.69, 9.17) is 11.3 Å². The number of carboxylic acid groups (broad SMARTS) is 1. The Hall–Kier alpha value is -4.22. The summed E-state index contributed by atoms with van der Waals surface area (Å²) in [5, 5.41) is 18.3. The molecule has 1 aliphatic rings. The number of hydrogen-bond acceptors (Lipinski definition) is 5. The predicted octanol–water partition coefficient (Wildman–Crippen LogP) is 5.92. The molecule has 0 radical (unpaired) electrons. The van der Waals surface area contributed by atoms with Crippen LogP contribution >= 0.6 is 0 Å². The molecule has 0 amide bonds. The third-order valence-corrected chi connectivity index (χ3v) is 7.57. The second kappa shape index (κ2) is 10.2. The Morgan fingerprint density at radius 3 is 2.72 bits per heavy atom. The molecule has 0 unspecified atom stereocenters. The maximum absolute atomic E-state index is 12.0. The van der Waals surface area contributed by atoms with Gasteiger partial charge in [-0.1, -0.05) is 41.6 Å². The molecule has 3 aromatic carbocycles. The molecule has 0 saturated heterocycles. The molecule has 0 saturated carbocycles. The van der Waals surface area contributed by atoms with Crippen LogP contribution in [0.15, 0.2) is 48.5 Å². The summed E-state index contributed by atoms with van der Waals surface area (Å²) in [7, 11) is 1.85. The van der Waals surface area contributed by atoms with Crippen LogP contribution in [0.25, 0.3) is 15.9 Å². The standard InChI is InChI=1S/C31H33N5O3/c1-19-7-8-21(26(15-29(37)38)25-11-12-27-30(20(25)2)33-34-35(27)6)13-23(19)17-36-16-22-9-10-24(32-5)14-28(22)39-31(3,4)18-36/h7-14,26H,15-18H2,1-4,6H3,(H,37,38)/t26-/m1/s1. The maximum Gasteiger partial charge on any atom is 0.304 e. The molecule has 1 aliphatic heterocycles. The summed E-state index contributed by atoms with van der Waals surface area (Å²) in [6.07, 6.45) is -0.0174. The minimum absolute atomic E-state index is 0.0174. The second-order valence-corrected chi connectivity index (χ2v) is 11.1. The maximum atomic E-state index is 12.0. The molecule has 5 rings (SSSR count). The molecule has 4 aromatic rings. The zero-order valence-electron chi connectivity index (χ0n) is 23.0. The van der Waals surface area contributed by atoms with Crippen LogP contribution in [-0.4, -0.2) is 43.1 Å². The Morgan fingerprint density at radius 1 is 1.18 bits per heavy atom. The molecule has 2 heterocycles. The van der Waals surface area contributed by atoms with Crippen molar-refractivity contribution in [2.24, 2.45) is 7.05 Å². The van der Waals surface area contributed by atoms with Gasteiger partial charge >= 0.3 is 5.97 Å². The summed E-state index contributed by atoms with van der Waals surface area (Å²) < 4.78 is 8.07. The van der Waals surface area contributed by atoms with Crippen LogP contribution in [0.4, 0.5) is 5.69 Å². The molecule has 0 aliphatic carbocycles. The first-order valence-electron chi connectivity index (χ1n) is 13.1. The number of carboxylic acids is 1. The largest absolute Gasteiger partial charge is 0.488 e. The molecule has 39 heavy (non-hydrogen) atoms. The Bertz CT molecular complexity index is 1610. The van der Waals surface area contributed by atoms with Crippen LogP contribution in [0.1, 0.15) is 59.6 Å². The Kier molecular flexibility index (Phi) is 6.87. The molecule has 0 fully saturated rings. The van der Waals surface area contributed by atoms with Gasteiger partial charge in [-0.2, -0.15) is 0 Å². The van der Waals surface area contributed by atoms with Gasteiger partial charge in [0.15, 0.2) is 5.69 Å². The Labute approximate surface area is 228 Å². The summed E-state index contributed by atoms with van der Waals surface area (Å²) in [5.74, 6) is -0.398. The van der Waals surface area contributed by atoms with Crippen molar-refractivity contribution in [3.05, 3.63) is 93.3 Å². The van der Waals surface area contributed by atoms with Crippen LogP contribution in [-0.2, 0) is 24.9 Å². The highest BCUT2D eigenvalue weighted by Gasteiger charge is 2.30. The van der Waals surface area contributed by atoms with Gasteiger partial charge in [0.25, 0.3) is 0 Å². The van der Waals surface area contributed by atoms with E-state index in [-0.39, 0.29) is 12.3 Å². The molecule has 1 aromatic heterocycles. The fourth-order valence-electron chi connectivity index (χ4n) is 5.64. The topological polar surface area (TPSA) is 84.8 Å². The highest BCUT2D eigenvalue weighted by Crippen LogP contribution is 2.36. The first-order valence-corrected chi connectivity index (χ1v) is 13.1. The number of benzene rings is 3. The Balaban J connectivity index is 1.50. The summed E-state index contributed by atoms with van der Waals surface area (Å²) >= 11 is 0. The summed E-state index contributed by atoms with van der Waals surface area (Å²) in [5.41, 5.74) is 8.08. The van der Waals surface area contributed by atoms with Gasteiger partial charge in [0.1, 0.15) is 16.9 Å². The minimum atomic E-state index is -0.845. The average molecular weight is 524 g/mol. The number of fused-ring (bicyclic) bond motifs is 2. The zero-order chi connectivity index (χ0) is 27.9. The molecule has 8 nitrogen and oxygen atoms in total. The highest BCUT2D eigenvalue weighted by molar-refractivity contribution is 5.80. The van der Waals surface area contributed by atoms with Crippen molar-refractivity contribution in [3.8, 4) is 5.75 Å². The quantitative estimate of drug-likeness (QED) is 0.316. The molecule has 0 bridgehead atoms. The first kappa shape index (κ1) is 26.4. The van der Waals surface area contributed by atoms with Crippen LogP contribution in [0.5, 0.6) is 5.75 Å². The van der Waals surface area contributed by atoms with Crippen molar-refractivity contribution in [2.45, 2.75) is 58.7 Å². The van der Waals surface area contributed by atoms with Crippen LogP contribution in [0, 0.1) is 20.4 Å². The van der Waals surface area contributed by atoms with Crippen molar-refractivity contribution in [3.63, 3.8) is 0 Å². The lowest BCUT2D eigenvalue weighted by molar-refractivity contribution is -0.137. The van der Waals surface area contributed by atoms with E-state index in [9.17, 15) is 9.90 Å². The number of nitrogens with zero attached hydrogens (tertiary/aromatic N) is 5. The van der Waals surface area contributed by atoms with E-state index in [0.29, 0.717) is 25.3 Å². The average Bonchev–Trinajstić information content (AvgIpc) is 3.20. The number of hydrogen-bond donors (Lipinski definition) is 1. The molecule has 0 spiro atoms. The van der Waals surface area contributed by atoms with Crippen molar-refractivity contribution in [1.29, 1.82) is 0 Å². The predicted molar refractivity (Wildman–Crippen MR) is 150 cm³/mol. The number of ether oxygens (including phenoxy) is 1. The number of aliphatic carboxylic acids is 1. The minimum Gasteiger partial charge on any atom is -0.488 e. The molecule has 200 valence electrons. The number of aryl methyl sites for hydroxylation is 3. The van der Waals surface area contributed by atoms with Crippen LogP contribution in [0.2, 0.25) is 0 Å². The highest BCUT2D eigenvalue weighted by atomic mass is 16.5. The molecule has 8 heteroatoms. The van der Waals surface area contributed by atoms with Crippen LogP contribution < -0.4 is 4.74 Å². The van der Waals surface area contributed by atoms with Crippen molar-refractivity contribution in [1.82, 2.24) is 19.9 Å². The second-order valence-electron chi connectivity index (χ2n) is 11.1. The number of rotatable bonds is 6. The lowest BCUT2D eigenvalue weighted by Gasteiger charge is -2.30. The van der Waals surface area contributed by atoms with Crippen LogP contribution in [0.3, 0.4) is 0 Å². The lowest BCUT2D eigenvalue weighted by Crippen LogP contribution is -2.40. The summed E-state index contributed by atoms with van der Waals surface area (Å²) in [6, 6.07) is 15.9. The van der Waals surface area contributed by atoms with E-state index in [2.05, 4.69) is 53.0 Å². The molecule has 1 N–H and O–H groups in total. The van der Waals surface area contributed by atoms with E-state index < -0.39 is 11.6 Å². The number of carbonyl (C=O) groups is 1. The third kappa shape index (κ3) is 5.36. The van der Waals surface area contributed by atoms with Crippen molar-refractivity contribution < 1.29 is 14.6 Å². The van der Waals surface area contributed by atoms with Crippen molar-refractivity contribution >= 4 is 22.7 Å². The van der Waals surface area contributed by atoms with Gasteiger partial charge in [0.2, 0.25) is 0 Å². The molecule has 1 atom stereocenters. The van der Waals surface area contributed by atoms with E-state index in [1.165, 1.54) is 0 Å². The van der Waals surface area contributed by atoms with Gasteiger partial charge in [0.05, 0.1) is 18.5 Å². The Morgan fingerprint density at radius 2 is 1.97 bits per heavy atom. The molecular weight excluding hydrogens is 490 g/mol.